The van der Waals surface area contributed by atoms with E-state index >= 15 is 0 Å². The monoisotopic (exact) mass is 239 g/mol. The zero-order chi connectivity index (χ0) is 13.0. The van der Waals surface area contributed by atoms with Crippen molar-refractivity contribution in [1.29, 1.82) is 0 Å². The van der Waals surface area contributed by atoms with Gasteiger partial charge in [-0.1, -0.05) is 67.6 Å². The predicted octanol–water partition coefficient (Wildman–Crippen LogP) is 3.80. The first-order valence-corrected chi connectivity index (χ1v) is 6.55. The van der Waals surface area contributed by atoms with Crippen molar-refractivity contribution in [3.63, 3.8) is 0 Å². The Labute approximate surface area is 110 Å². The summed E-state index contributed by atoms with van der Waals surface area (Å²) >= 11 is 0. The van der Waals surface area contributed by atoms with E-state index in [1.54, 1.807) is 0 Å². The van der Waals surface area contributed by atoms with Crippen LogP contribution < -0.4 is 5.73 Å². The van der Waals surface area contributed by atoms with Gasteiger partial charge < -0.3 is 5.73 Å². The molecule has 2 atom stereocenters. The molecule has 0 aromatic heterocycles. The Bertz CT molecular complexity index is 422. The summed E-state index contributed by atoms with van der Waals surface area (Å²) in [6.07, 6.45) is 0. The Kier molecular flexibility index (Phi) is 4.16. The summed E-state index contributed by atoms with van der Waals surface area (Å²) in [5.41, 5.74) is 8.79. The van der Waals surface area contributed by atoms with Gasteiger partial charge >= 0.3 is 0 Å². The molecule has 2 rings (SSSR count). The minimum Gasteiger partial charge on any atom is -0.328 e. The first kappa shape index (κ1) is 12.8. The molecule has 0 amide bonds. The van der Waals surface area contributed by atoms with Gasteiger partial charge in [0.2, 0.25) is 0 Å². The maximum atomic E-state index is 6.11. The van der Waals surface area contributed by atoms with Crippen molar-refractivity contribution in [2.45, 2.75) is 25.8 Å². The molecule has 18 heavy (non-hydrogen) atoms. The summed E-state index contributed by atoms with van der Waals surface area (Å²) in [5, 5.41) is 0. The van der Waals surface area contributed by atoms with Crippen LogP contribution in [0.5, 0.6) is 0 Å². The van der Waals surface area contributed by atoms with Crippen LogP contribution in [0.25, 0.3) is 0 Å². The number of benzene rings is 2. The molecule has 0 fully saturated rings. The van der Waals surface area contributed by atoms with Crippen molar-refractivity contribution in [1.82, 2.24) is 0 Å². The van der Waals surface area contributed by atoms with Crippen molar-refractivity contribution >= 4 is 0 Å². The summed E-state index contributed by atoms with van der Waals surface area (Å²) < 4.78 is 0. The zero-order valence-electron chi connectivity index (χ0n) is 11.1. The second kappa shape index (κ2) is 5.83. The lowest BCUT2D eigenvalue weighted by molar-refractivity contribution is 0.434. The number of nitrogens with two attached hydrogens (primary N) is 1. The number of rotatable bonds is 4. The molecule has 0 unspecified atom stereocenters. The topological polar surface area (TPSA) is 26.0 Å². The normalized spacial score (nSPS) is 14.4. The van der Waals surface area contributed by atoms with Crippen LogP contribution >= 0.6 is 0 Å². The number of hydrogen-bond acceptors (Lipinski definition) is 1. The molecule has 1 heteroatoms. The van der Waals surface area contributed by atoms with Gasteiger partial charge in [0.15, 0.2) is 0 Å². The van der Waals surface area contributed by atoms with Gasteiger partial charge in [-0.3, -0.25) is 0 Å². The third-order valence-electron chi connectivity index (χ3n) is 3.67. The zero-order valence-corrected chi connectivity index (χ0v) is 11.1. The first-order chi connectivity index (χ1) is 8.70. The Balaban J connectivity index is 2.42. The molecule has 0 heterocycles. The van der Waals surface area contributed by atoms with Gasteiger partial charge in [-0.2, -0.15) is 0 Å². The SMILES string of the molecule is C[C@H](N)[C@@H](C)C(c1ccccc1)c1ccccc1. The van der Waals surface area contributed by atoms with Crippen LogP contribution in [0.4, 0.5) is 0 Å². The predicted molar refractivity (Wildman–Crippen MR) is 77.5 cm³/mol. The summed E-state index contributed by atoms with van der Waals surface area (Å²) in [5.74, 6) is 0.780. The van der Waals surface area contributed by atoms with Gasteiger partial charge in [-0.25, -0.2) is 0 Å². The molecule has 2 aromatic carbocycles. The summed E-state index contributed by atoms with van der Waals surface area (Å²) in [7, 11) is 0. The smallest absolute Gasteiger partial charge is 0.0130 e. The van der Waals surface area contributed by atoms with Crippen LogP contribution in [0, 0.1) is 5.92 Å². The fraction of sp³-hybridized carbons (Fsp3) is 0.294. The second-order valence-corrected chi connectivity index (χ2v) is 5.02. The summed E-state index contributed by atoms with van der Waals surface area (Å²) in [4.78, 5) is 0. The van der Waals surface area contributed by atoms with Crippen molar-refractivity contribution < 1.29 is 0 Å². The molecule has 0 saturated carbocycles. The lowest BCUT2D eigenvalue weighted by Crippen LogP contribution is -2.29. The van der Waals surface area contributed by atoms with Gasteiger partial charge in [0.1, 0.15) is 0 Å². The maximum absolute atomic E-state index is 6.11. The average Bonchev–Trinajstić information content (AvgIpc) is 2.41. The molecule has 1 nitrogen and oxygen atoms in total. The molecule has 2 N–H and O–H groups in total. The van der Waals surface area contributed by atoms with Crippen molar-refractivity contribution in [3.8, 4) is 0 Å². The molecule has 94 valence electrons. The molecule has 0 saturated heterocycles. The number of hydrogen-bond donors (Lipinski definition) is 1. The van der Waals surface area contributed by atoms with E-state index in [1.165, 1.54) is 11.1 Å². The van der Waals surface area contributed by atoms with E-state index in [2.05, 4.69) is 74.5 Å². The van der Waals surface area contributed by atoms with E-state index < -0.39 is 0 Å². The Morgan fingerprint density at radius 1 is 0.722 bits per heavy atom. The fourth-order valence-electron chi connectivity index (χ4n) is 2.42. The minimum atomic E-state index is 0.176. The van der Waals surface area contributed by atoms with E-state index in [1.807, 2.05) is 0 Å². The standard InChI is InChI=1S/C17H21N/c1-13(14(2)18)17(15-9-5-3-6-10-15)16-11-7-4-8-12-16/h3-14,17H,18H2,1-2H3/t13-,14+/m1/s1. The molecular formula is C17H21N. The molecular weight excluding hydrogens is 218 g/mol. The molecule has 0 aliphatic heterocycles. The van der Waals surface area contributed by atoms with Crippen molar-refractivity contribution in [2.24, 2.45) is 11.7 Å². The van der Waals surface area contributed by atoms with Crippen LogP contribution in [0.15, 0.2) is 60.7 Å². The van der Waals surface area contributed by atoms with E-state index in [4.69, 9.17) is 5.73 Å². The lowest BCUT2D eigenvalue weighted by atomic mass is 9.79. The highest BCUT2D eigenvalue weighted by molar-refractivity contribution is 5.33. The van der Waals surface area contributed by atoms with Crippen molar-refractivity contribution in [3.05, 3.63) is 71.8 Å². The quantitative estimate of drug-likeness (QED) is 0.862. The lowest BCUT2D eigenvalue weighted by Gasteiger charge is -2.28. The van der Waals surface area contributed by atoms with Gasteiger partial charge in [-0.05, 0) is 24.0 Å². The molecule has 0 bridgehead atoms. The molecule has 0 radical (unpaired) electrons. The van der Waals surface area contributed by atoms with Crippen LogP contribution in [-0.4, -0.2) is 6.04 Å². The van der Waals surface area contributed by atoms with Crippen LogP contribution in [0.2, 0.25) is 0 Å². The third-order valence-corrected chi connectivity index (χ3v) is 3.67. The van der Waals surface area contributed by atoms with E-state index in [9.17, 15) is 0 Å². The summed E-state index contributed by atoms with van der Waals surface area (Å²) in [6.45, 7) is 4.32. The second-order valence-electron chi connectivity index (χ2n) is 5.02. The Morgan fingerprint density at radius 3 is 1.44 bits per heavy atom. The average molecular weight is 239 g/mol. The largest absolute Gasteiger partial charge is 0.328 e. The third kappa shape index (κ3) is 2.80. The van der Waals surface area contributed by atoms with E-state index in [-0.39, 0.29) is 6.04 Å². The highest BCUT2D eigenvalue weighted by Crippen LogP contribution is 2.33. The van der Waals surface area contributed by atoms with Gasteiger partial charge in [0, 0.05) is 12.0 Å². The van der Waals surface area contributed by atoms with Crippen molar-refractivity contribution in [2.75, 3.05) is 0 Å². The molecule has 0 aliphatic carbocycles. The molecule has 2 aromatic rings. The minimum absolute atomic E-state index is 0.176. The maximum Gasteiger partial charge on any atom is 0.0130 e. The van der Waals surface area contributed by atoms with Gasteiger partial charge in [0.25, 0.3) is 0 Å². The van der Waals surface area contributed by atoms with Crippen LogP contribution in [-0.2, 0) is 0 Å². The van der Waals surface area contributed by atoms with E-state index in [0.717, 1.165) is 0 Å². The first-order valence-electron chi connectivity index (χ1n) is 6.55. The van der Waals surface area contributed by atoms with Gasteiger partial charge in [-0.15, -0.1) is 0 Å². The highest BCUT2D eigenvalue weighted by Gasteiger charge is 2.23. The van der Waals surface area contributed by atoms with Gasteiger partial charge in [0.05, 0.1) is 0 Å². The Hall–Kier alpha value is -1.60. The van der Waals surface area contributed by atoms with E-state index in [0.29, 0.717) is 11.8 Å². The molecule has 0 spiro atoms. The fourth-order valence-corrected chi connectivity index (χ4v) is 2.42. The molecule has 0 aliphatic rings. The highest BCUT2D eigenvalue weighted by atomic mass is 14.6. The van der Waals surface area contributed by atoms with Crippen LogP contribution in [0.1, 0.15) is 30.9 Å². The Morgan fingerprint density at radius 2 is 1.11 bits per heavy atom. The summed E-state index contributed by atoms with van der Waals surface area (Å²) in [6, 6.07) is 21.4. The van der Waals surface area contributed by atoms with Crippen LogP contribution in [0.3, 0.4) is 0 Å².